The van der Waals surface area contributed by atoms with Crippen molar-refractivity contribution in [3.63, 3.8) is 0 Å². The molecule has 6 nitrogen and oxygen atoms in total. The molecule has 1 amide bonds. The molecule has 1 aromatic heterocycles. The van der Waals surface area contributed by atoms with Crippen molar-refractivity contribution in [1.29, 1.82) is 0 Å². The Morgan fingerprint density at radius 2 is 2.33 bits per heavy atom. The Morgan fingerprint density at radius 1 is 1.44 bits per heavy atom. The summed E-state index contributed by atoms with van der Waals surface area (Å²) in [7, 11) is 0. The lowest BCUT2D eigenvalue weighted by molar-refractivity contribution is -0.126. The fraction of sp³-hybridized carbons (Fsp3) is 0.455. The first-order valence-electron chi connectivity index (χ1n) is 5.69. The van der Waals surface area contributed by atoms with E-state index in [0.717, 1.165) is 6.54 Å². The number of fused-ring (bicyclic) bond motifs is 1. The van der Waals surface area contributed by atoms with Gasteiger partial charge in [0.2, 0.25) is 0 Å². The molecule has 2 unspecified atom stereocenters. The van der Waals surface area contributed by atoms with Crippen LogP contribution in [0.4, 0.5) is 5.82 Å². The topological polar surface area (TPSA) is 72.5 Å². The van der Waals surface area contributed by atoms with Crippen LogP contribution in [0.25, 0.3) is 0 Å². The van der Waals surface area contributed by atoms with E-state index in [2.05, 4.69) is 31.5 Å². The molecule has 7 heteroatoms. The van der Waals surface area contributed by atoms with Crippen LogP contribution in [0, 0.1) is 0 Å². The number of amides is 1. The molecule has 0 radical (unpaired) electrons. The molecule has 0 spiro atoms. The van der Waals surface area contributed by atoms with Gasteiger partial charge >= 0.3 is 0 Å². The fourth-order valence-corrected chi connectivity index (χ4v) is 2.34. The van der Waals surface area contributed by atoms with Crippen molar-refractivity contribution in [3.05, 3.63) is 16.7 Å². The molecular weight excluding hydrogens is 302 g/mol. The quantitative estimate of drug-likeness (QED) is 0.740. The second-order valence-corrected chi connectivity index (χ2v) is 4.96. The first-order valence-corrected chi connectivity index (χ1v) is 6.48. The van der Waals surface area contributed by atoms with E-state index in [4.69, 9.17) is 9.47 Å². The van der Waals surface area contributed by atoms with Gasteiger partial charge in [-0.1, -0.05) is 0 Å². The van der Waals surface area contributed by atoms with Crippen molar-refractivity contribution < 1.29 is 14.3 Å². The van der Waals surface area contributed by atoms with Crippen LogP contribution in [-0.4, -0.2) is 42.8 Å². The minimum atomic E-state index is -0.583. The molecule has 2 aliphatic heterocycles. The van der Waals surface area contributed by atoms with E-state index < -0.39 is 6.10 Å². The highest BCUT2D eigenvalue weighted by Crippen LogP contribution is 2.30. The predicted molar refractivity (Wildman–Crippen MR) is 67.6 cm³/mol. The standard InChI is InChI=1S/C11H12BrN3O3/c12-8-2-1-7-10(14-8)15-11(16)9(18-7)6-5-17-4-3-13-6/h1-2,6,9,13H,3-5H2,(H,14,15,16). The van der Waals surface area contributed by atoms with E-state index in [1.807, 2.05) is 0 Å². The maximum Gasteiger partial charge on any atom is 0.268 e. The lowest BCUT2D eigenvalue weighted by Crippen LogP contribution is -2.56. The van der Waals surface area contributed by atoms with E-state index in [1.165, 1.54) is 0 Å². The van der Waals surface area contributed by atoms with Gasteiger partial charge in [0.25, 0.3) is 5.91 Å². The number of ether oxygens (including phenoxy) is 2. The highest BCUT2D eigenvalue weighted by atomic mass is 79.9. The molecule has 0 aliphatic carbocycles. The third kappa shape index (κ3) is 2.21. The second kappa shape index (κ2) is 4.83. The molecular formula is C11H12BrN3O3. The number of anilines is 1. The van der Waals surface area contributed by atoms with Gasteiger partial charge in [-0.3, -0.25) is 4.79 Å². The zero-order valence-electron chi connectivity index (χ0n) is 9.48. The van der Waals surface area contributed by atoms with Crippen molar-refractivity contribution in [2.45, 2.75) is 12.1 Å². The van der Waals surface area contributed by atoms with Gasteiger partial charge in [0, 0.05) is 6.54 Å². The number of aromatic nitrogens is 1. The highest BCUT2D eigenvalue weighted by molar-refractivity contribution is 9.10. The summed E-state index contributed by atoms with van der Waals surface area (Å²) in [5.74, 6) is 0.827. The van der Waals surface area contributed by atoms with Crippen molar-refractivity contribution in [1.82, 2.24) is 10.3 Å². The van der Waals surface area contributed by atoms with Crippen LogP contribution in [0.3, 0.4) is 0 Å². The van der Waals surface area contributed by atoms with E-state index in [1.54, 1.807) is 12.1 Å². The Hall–Kier alpha value is -1.18. The number of carbonyl (C=O) groups is 1. The zero-order chi connectivity index (χ0) is 12.5. The summed E-state index contributed by atoms with van der Waals surface area (Å²) in [5.41, 5.74) is 0. The van der Waals surface area contributed by atoms with Crippen molar-refractivity contribution in [3.8, 4) is 5.75 Å². The van der Waals surface area contributed by atoms with Crippen LogP contribution < -0.4 is 15.4 Å². The molecule has 2 atom stereocenters. The molecule has 1 fully saturated rings. The zero-order valence-corrected chi connectivity index (χ0v) is 11.1. The van der Waals surface area contributed by atoms with Crippen LogP contribution in [0.5, 0.6) is 5.75 Å². The molecule has 0 aromatic carbocycles. The molecule has 18 heavy (non-hydrogen) atoms. The first-order chi connectivity index (χ1) is 8.74. The van der Waals surface area contributed by atoms with Gasteiger partial charge < -0.3 is 20.1 Å². The van der Waals surface area contributed by atoms with E-state index in [-0.39, 0.29) is 11.9 Å². The van der Waals surface area contributed by atoms with E-state index in [9.17, 15) is 4.79 Å². The first kappa shape index (κ1) is 11.9. The number of nitrogens with zero attached hydrogens (tertiary/aromatic N) is 1. The van der Waals surface area contributed by atoms with Gasteiger partial charge in [0.15, 0.2) is 17.7 Å². The summed E-state index contributed by atoms with van der Waals surface area (Å²) < 4.78 is 11.7. The van der Waals surface area contributed by atoms with Gasteiger partial charge in [-0.25, -0.2) is 4.98 Å². The lowest BCUT2D eigenvalue weighted by atomic mass is 10.1. The number of hydrogen-bond donors (Lipinski definition) is 2. The second-order valence-electron chi connectivity index (χ2n) is 4.14. The van der Waals surface area contributed by atoms with Crippen molar-refractivity contribution in [2.24, 2.45) is 0 Å². The number of pyridine rings is 1. The van der Waals surface area contributed by atoms with Gasteiger partial charge in [-0.05, 0) is 28.1 Å². The largest absolute Gasteiger partial charge is 0.475 e. The maximum atomic E-state index is 12.0. The average Bonchev–Trinajstić information content (AvgIpc) is 2.39. The third-order valence-electron chi connectivity index (χ3n) is 2.89. The van der Waals surface area contributed by atoms with Crippen LogP contribution in [0.1, 0.15) is 0 Å². The fourth-order valence-electron chi connectivity index (χ4n) is 2.03. The molecule has 2 N–H and O–H groups in total. The number of rotatable bonds is 1. The third-order valence-corrected chi connectivity index (χ3v) is 3.34. The summed E-state index contributed by atoms with van der Waals surface area (Å²) >= 11 is 3.25. The number of nitrogens with one attached hydrogen (secondary N) is 2. The Labute approximate surface area is 112 Å². The Kier molecular flexibility index (Phi) is 3.19. The van der Waals surface area contributed by atoms with Crippen LogP contribution in [0.2, 0.25) is 0 Å². The molecule has 1 aromatic rings. The lowest BCUT2D eigenvalue weighted by Gasteiger charge is -2.33. The van der Waals surface area contributed by atoms with Gasteiger partial charge in [-0.15, -0.1) is 0 Å². The number of carbonyl (C=O) groups excluding carboxylic acids is 1. The minimum Gasteiger partial charge on any atom is -0.475 e. The Balaban J connectivity index is 1.82. The van der Waals surface area contributed by atoms with Gasteiger partial charge in [-0.2, -0.15) is 0 Å². The number of hydrogen-bond acceptors (Lipinski definition) is 5. The van der Waals surface area contributed by atoms with Crippen molar-refractivity contribution in [2.75, 3.05) is 25.1 Å². The van der Waals surface area contributed by atoms with Crippen LogP contribution >= 0.6 is 15.9 Å². The van der Waals surface area contributed by atoms with E-state index >= 15 is 0 Å². The number of morpholine rings is 1. The summed E-state index contributed by atoms with van der Waals surface area (Å²) in [6, 6.07) is 3.43. The van der Waals surface area contributed by atoms with Crippen LogP contribution in [0.15, 0.2) is 16.7 Å². The predicted octanol–water partition coefficient (Wildman–Crippen LogP) is 0.532. The normalized spacial score (nSPS) is 27.1. The molecule has 0 saturated carbocycles. The Morgan fingerprint density at radius 3 is 3.11 bits per heavy atom. The highest BCUT2D eigenvalue weighted by Gasteiger charge is 2.36. The summed E-state index contributed by atoms with van der Waals surface area (Å²) in [4.78, 5) is 16.1. The molecule has 0 bridgehead atoms. The summed E-state index contributed by atoms with van der Waals surface area (Å²) in [5, 5.41) is 5.97. The summed E-state index contributed by atoms with van der Waals surface area (Å²) in [6.07, 6.45) is -0.583. The molecule has 2 aliphatic rings. The molecule has 1 saturated heterocycles. The number of halogens is 1. The molecule has 3 rings (SSSR count). The monoisotopic (exact) mass is 313 g/mol. The Bertz CT molecular complexity index is 477. The van der Waals surface area contributed by atoms with Crippen LogP contribution in [-0.2, 0) is 9.53 Å². The molecule has 96 valence electrons. The molecule has 3 heterocycles. The van der Waals surface area contributed by atoms with Gasteiger partial charge in [0.1, 0.15) is 4.60 Å². The minimum absolute atomic E-state index is 0.129. The van der Waals surface area contributed by atoms with E-state index in [0.29, 0.717) is 29.4 Å². The summed E-state index contributed by atoms with van der Waals surface area (Å²) in [6.45, 7) is 1.86. The maximum absolute atomic E-state index is 12.0. The van der Waals surface area contributed by atoms with Gasteiger partial charge in [0.05, 0.1) is 19.3 Å². The average molecular weight is 314 g/mol. The van der Waals surface area contributed by atoms with Crippen molar-refractivity contribution >= 4 is 27.7 Å². The smallest absolute Gasteiger partial charge is 0.268 e. The SMILES string of the molecule is O=C1Nc2nc(Br)ccc2OC1C1COCCN1.